The van der Waals surface area contributed by atoms with Gasteiger partial charge >= 0.3 is 0 Å². The molecule has 1 aromatic rings. The van der Waals surface area contributed by atoms with Crippen LogP contribution in [0.5, 0.6) is 0 Å². The van der Waals surface area contributed by atoms with E-state index in [9.17, 15) is 0 Å². The first-order valence-corrected chi connectivity index (χ1v) is 7.80. The molecule has 2 unspecified atom stereocenters. The fourth-order valence-corrected chi connectivity index (χ4v) is 4.01. The van der Waals surface area contributed by atoms with Crippen LogP contribution in [0.15, 0.2) is 16.8 Å². The molecule has 1 aromatic heterocycles. The molecule has 2 aliphatic rings. The van der Waals surface area contributed by atoms with Gasteiger partial charge in [-0.15, -0.1) is 0 Å². The molecule has 2 saturated heterocycles. The molecule has 2 aliphatic heterocycles. The Hall–Kier alpha value is -0.380. The molecule has 94 valence electrons. The Labute approximate surface area is 108 Å². The third-order valence-electron chi connectivity index (χ3n) is 4.34. The van der Waals surface area contributed by atoms with Gasteiger partial charge < -0.3 is 0 Å². The first-order valence-electron chi connectivity index (χ1n) is 6.86. The minimum absolute atomic E-state index is 0.768. The molecule has 0 N–H and O–H groups in total. The van der Waals surface area contributed by atoms with Gasteiger partial charge in [-0.1, -0.05) is 6.92 Å². The van der Waals surface area contributed by atoms with Crippen molar-refractivity contribution in [2.75, 3.05) is 19.6 Å². The number of piperazine rings is 1. The van der Waals surface area contributed by atoms with E-state index in [0.29, 0.717) is 0 Å². The summed E-state index contributed by atoms with van der Waals surface area (Å²) in [6.45, 7) is 7.42. The van der Waals surface area contributed by atoms with Crippen LogP contribution >= 0.6 is 11.3 Å². The molecule has 0 saturated carbocycles. The molecule has 2 nitrogen and oxygen atoms in total. The number of fused-ring (bicyclic) bond motifs is 1. The highest BCUT2D eigenvalue weighted by atomic mass is 32.1. The van der Waals surface area contributed by atoms with E-state index in [1.54, 1.807) is 0 Å². The van der Waals surface area contributed by atoms with Crippen LogP contribution in [0.3, 0.4) is 0 Å². The van der Waals surface area contributed by atoms with Gasteiger partial charge in [-0.25, -0.2) is 0 Å². The predicted octanol–water partition coefficient (Wildman–Crippen LogP) is 2.81. The van der Waals surface area contributed by atoms with E-state index in [1.807, 2.05) is 11.3 Å². The summed E-state index contributed by atoms with van der Waals surface area (Å²) in [4.78, 5) is 5.44. The smallest absolute Gasteiger partial charge is 0.0246 e. The lowest BCUT2D eigenvalue weighted by Crippen LogP contribution is -2.55. The summed E-state index contributed by atoms with van der Waals surface area (Å²) >= 11 is 1.82. The zero-order valence-corrected chi connectivity index (χ0v) is 11.5. The lowest BCUT2D eigenvalue weighted by Gasteiger charge is -2.43. The van der Waals surface area contributed by atoms with Gasteiger partial charge in [0.2, 0.25) is 0 Å². The number of hydrogen-bond acceptors (Lipinski definition) is 3. The van der Waals surface area contributed by atoms with Crippen molar-refractivity contribution in [3.05, 3.63) is 22.4 Å². The van der Waals surface area contributed by atoms with Gasteiger partial charge in [0.05, 0.1) is 0 Å². The Morgan fingerprint density at radius 2 is 2.35 bits per heavy atom. The van der Waals surface area contributed by atoms with Gasteiger partial charge in [0.25, 0.3) is 0 Å². The molecule has 0 aliphatic carbocycles. The summed E-state index contributed by atoms with van der Waals surface area (Å²) in [6.07, 6.45) is 4.11. The average molecular weight is 250 g/mol. The van der Waals surface area contributed by atoms with Crippen LogP contribution in [0.1, 0.15) is 31.7 Å². The lowest BCUT2D eigenvalue weighted by molar-refractivity contribution is 0.0438. The number of nitrogens with zero attached hydrogens (tertiary/aromatic N) is 2. The Balaban J connectivity index is 1.69. The average Bonchev–Trinajstić information content (AvgIpc) is 2.98. The Morgan fingerprint density at radius 3 is 3.12 bits per heavy atom. The third kappa shape index (κ3) is 2.42. The summed E-state index contributed by atoms with van der Waals surface area (Å²) in [6, 6.07) is 3.89. The molecule has 3 rings (SSSR count). The molecule has 0 aromatic carbocycles. The van der Waals surface area contributed by atoms with Crippen LogP contribution < -0.4 is 0 Å². The van der Waals surface area contributed by atoms with E-state index in [1.165, 1.54) is 44.5 Å². The summed E-state index contributed by atoms with van der Waals surface area (Å²) in [5.74, 6) is 0. The van der Waals surface area contributed by atoms with Crippen molar-refractivity contribution < 1.29 is 0 Å². The quantitative estimate of drug-likeness (QED) is 0.814. The van der Waals surface area contributed by atoms with E-state index in [4.69, 9.17) is 0 Å². The van der Waals surface area contributed by atoms with Crippen LogP contribution in [0.2, 0.25) is 0 Å². The molecule has 3 heterocycles. The van der Waals surface area contributed by atoms with Crippen molar-refractivity contribution in [1.29, 1.82) is 0 Å². The number of hydrogen-bond donors (Lipinski definition) is 0. The number of rotatable bonds is 3. The van der Waals surface area contributed by atoms with Crippen LogP contribution in [0, 0.1) is 0 Å². The highest BCUT2D eigenvalue weighted by molar-refractivity contribution is 7.07. The van der Waals surface area contributed by atoms with Gasteiger partial charge in [0.1, 0.15) is 0 Å². The predicted molar refractivity (Wildman–Crippen MR) is 73.4 cm³/mol. The van der Waals surface area contributed by atoms with E-state index in [-0.39, 0.29) is 0 Å². The van der Waals surface area contributed by atoms with E-state index >= 15 is 0 Å². The summed E-state index contributed by atoms with van der Waals surface area (Å²) in [5, 5.41) is 4.50. The fourth-order valence-electron chi connectivity index (χ4n) is 3.35. The topological polar surface area (TPSA) is 6.48 Å². The highest BCUT2D eigenvalue weighted by Gasteiger charge is 2.35. The molecule has 0 spiro atoms. The lowest BCUT2D eigenvalue weighted by atomic mass is 10.0. The Bertz CT molecular complexity index is 349. The molecule has 0 radical (unpaired) electrons. The second-order valence-corrected chi connectivity index (χ2v) is 6.19. The number of thiophene rings is 1. The normalized spacial score (nSPS) is 30.6. The van der Waals surface area contributed by atoms with Crippen LogP contribution in [-0.4, -0.2) is 41.5 Å². The highest BCUT2D eigenvalue weighted by Crippen LogP contribution is 2.27. The van der Waals surface area contributed by atoms with Crippen molar-refractivity contribution in [3.63, 3.8) is 0 Å². The minimum Gasteiger partial charge on any atom is -0.298 e. The first kappa shape index (κ1) is 11.7. The second-order valence-electron chi connectivity index (χ2n) is 5.41. The Kier molecular flexibility index (Phi) is 3.50. The molecular weight excluding hydrogens is 228 g/mol. The van der Waals surface area contributed by atoms with Gasteiger partial charge in [-0.05, 0) is 48.2 Å². The standard InChI is InChI=1S/C14H22N2S/c1-2-13-9-15-6-3-4-14(15)10-16(13)8-12-5-7-17-11-12/h5,7,11,13-14H,2-4,6,8-10H2,1H3. The second kappa shape index (κ2) is 5.09. The molecule has 0 amide bonds. The van der Waals surface area contributed by atoms with Crippen molar-refractivity contribution in [2.24, 2.45) is 0 Å². The van der Waals surface area contributed by atoms with Crippen LogP contribution in [0.4, 0.5) is 0 Å². The SMILES string of the molecule is CCC1CN2CCCC2CN1Cc1ccsc1. The third-order valence-corrected chi connectivity index (χ3v) is 5.08. The minimum atomic E-state index is 0.768. The van der Waals surface area contributed by atoms with Gasteiger partial charge in [0.15, 0.2) is 0 Å². The maximum absolute atomic E-state index is 2.72. The molecule has 3 heteroatoms. The van der Waals surface area contributed by atoms with E-state index < -0.39 is 0 Å². The van der Waals surface area contributed by atoms with Crippen molar-refractivity contribution in [1.82, 2.24) is 9.80 Å². The monoisotopic (exact) mass is 250 g/mol. The summed E-state index contributed by atoms with van der Waals surface area (Å²) in [5.41, 5.74) is 1.50. The molecule has 2 fully saturated rings. The van der Waals surface area contributed by atoms with E-state index in [2.05, 4.69) is 33.6 Å². The van der Waals surface area contributed by atoms with Crippen LogP contribution in [0.25, 0.3) is 0 Å². The maximum atomic E-state index is 2.72. The zero-order valence-electron chi connectivity index (χ0n) is 10.6. The van der Waals surface area contributed by atoms with Crippen molar-refractivity contribution in [2.45, 2.75) is 44.8 Å². The first-order chi connectivity index (χ1) is 8.36. The van der Waals surface area contributed by atoms with Crippen LogP contribution in [-0.2, 0) is 6.54 Å². The summed E-state index contributed by atoms with van der Waals surface area (Å²) in [7, 11) is 0. The van der Waals surface area contributed by atoms with E-state index in [0.717, 1.165) is 18.6 Å². The van der Waals surface area contributed by atoms with Crippen molar-refractivity contribution in [3.8, 4) is 0 Å². The molecule has 0 bridgehead atoms. The maximum Gasteiger partial charge on any atom is 0.0246 e. The molecule has 2 atom stereocenters. The largest absolute Gasteiger partial charge is 0.298 e. The molecule has 17 heavy (non-hydrogen) atoms. The fraction of sp³-hybridized carbons (Fsp3) is 0.714. The summed E-state index contributed by atoms with van der Waals surface area (Å²) < 4.78 is 0. The van der Waals surface area contributed by atoms with Gasteiger partial charge in [0, 0.05) is 31.7 Å². The van der Waals surface area contributed by atoms with Gasteiger partial charge in [-0.3, -0.25) is 9.80 Å². The van der Waals surface area contributed by atoms with Crippen molar-refractivity contribution >= 4 is 11.3 Å². The molecular formula is C14H22N2S. The van der Waals surface area contributed by atoms with Gasteiger partial charge in [-0.2, -0.15) is 11.3 Å². The Morgan fingerprint density at radius 1 is 1.41 bits per heavy atom. The zero-order chi connectivity index (χ0) is 11.7.